The third kappa shape index (κ3) is 19.6. The second kappa shape index (κ2) is 27.4. The Morgan fingerprint density at radius 1 is 0.684 bits per heavy atom. The van der Waals surface area contributed by atoms with Gasteiger partial charge >= 0.3 is 118 Å². The van der Waals surface area contributed by atoms with E-state index in [4.69, 9.17) is 20.9 Å². The Balaban J connectivity index is -0.000000907. The summed E-state index contributed by atoms with van der Waals surface area (Å²) in [5.41, 5.74) is 8.07. The van der Waals surface area contributed by atoms with Gasteiger partial charge in [-0.25, -0.2) is 0 Å². The Morgan fingerprint density at radius 3 is 1.13 bits per heavy atom. The zero-order valence-electron chi connectivity index (χ0n) is 22.5. The van der Waals surface area contributed by atoms with Crippen LogP contribution in [-0.2, 0) is 28.7 Å². The molecule has 2 unspecified atom stereocenters. The number of ether oxygens (including phenoxy) is 2. The van der Waals surface area contributed by atoms with Crippen molar-refractivity contribution in [1.29, 1.82) is 0 Å². The molecule has 38 heavy (non-hydrogen) atoms. The average molecular weight is 586 g/mol. The first-order chi connectivity index (χ1) is 15.9. The van der Waals surface area contributed by atoms with Crippen molar-refractivity contribution in [3.05, 3.63) is 0 Å². The summed E-state index contributed by atoms with van der Waals surface area (Å²) in [5, 5.41) is 66.7. The zero-order valence-corrected chi connectivity index (χ0v) is 30.5. The van der Waals surface area contributed by atoms with Crippen LogP contribution < -0.4 is 150 Å². The number of rotatable bonds is 21. The van der Waals surface area contributed by atoms with Crippen LogP contribution >= 0.6 is 0 Å². The minimum absolute atomic E-state index is 0. The summed E-state index contributed by atoms with van der Waals surface area (Å²) in [7, 11) is 0. The Bertz CT molecular complexity index is 601. The van der Waals surface area contributed by atoms with E-state index in [1.54, 1.807) is 0 Å². The van der Waals surface area contributed by atoms with E-state index in [9.17, 15) is 49.8 Å². The summed E-state index contributed by atoms with van der Waals surface area (Å²) < 4.78 is 10.5. The van der Waals surface area contributed by atoms with Gasteiger partial charge in [-0.2, -0.15) is 0 Å². The molecule has 198 valence electrons. The molecule has 0 aliphatic heterocycles. The van der Waals surface area contributed by atoms with Crippen LogP contribution in [0, 0.1) is 0 Å². The second-order valence-corrected chi connectivity index (χ2v) is 7.21. The number of carboxylic acids is 4. The number of hydrogen-bond acceptors (Lipinski definition) is 16. The Labute approximate surface area is 308 Å². The van der Waals surface area contributed by atoms with Gasteiger partial charge in [0, 0.05) is 39.3 Å². The summed E-state index contributed by atoms with van der Waals surface area (Å²) >= 11 is 0. The van der Waals surface area contributed by atoms with Crippen molar-refractivity contribution in [3.63, 3.8) is 0 Å². The third-order valence-electron chi connectivity index (χ3n) is 4.69. The van der Waals surface area contributed by atoms with Gasteiger partial charge in [-0.05, 0) is 0 Å². The molecule has 20 heteroatoms. The van der Waals surface area contributed by atoms with Gasteiger partial charge in [0.1, 0.15) is 5.60 Å². The molecule has 0 amide bonds. The van der Waals surface area contributed by atoms with Crippen LogP contribution in [0.25, 0.3) is 0 Å². The number of carboxylic acid groups (broad SMARTS) is 4. The minimum Gasteiger partial charge on any atom is -0.549 e. The van der Waals surface area contributed by atoms with Crippen LogP contribution in [0.2, 0.25) is 0 Å². The molecule has 0 aromatic heterocycles. The molecule has 0 saturated heterocycles. The maximum absolute atomic E-state index is 11.5. The van der Waals surface area contributed by atoms with E-state index in [0.717, 1.165) is 0 Å². The summed E-state index contributed by atoms with van der Waals surface area (Å²) in [4.78, 5) is 46.3. The first-order valence-corrected chi connectivity index (χ1v) is 10.1. The molecule has 0 aliphatic carbocycles. The molecule has 0 heterocycles. The van der Waals surface area contributed by atoms with Gasteiger partial charge in [-0.1, -0.05) is 0 Å². The first-order valence-electron chi connectivity index (χ1n) is 10.1. The summed E-state index contributed by atoms with van der Waals surface area (Å²) in [6.45, 7) is -7.08. The van der Waals surface area contributed by atoms with Crippen LogP contribution in [0.5, 0.6) is 0 Å². The van der Waals surface area contributed by atoms with Crippen molar-refractivity contribution < 1.29 is 178 Å². The molecule has 0 spiro atoms. The maximum atomic E-state index is 11.5. The standard InChI is InChI=1S/C18H34N4O12.4Na/c19-1-3-33-9-12(21(5-14(24)25)6-15(26)27)18(32,11-23)13(10-34-4-2-20)22(7-16(28)29)8-17(30)31;;;;/h12-13,23,32H,1-11,19-20H2,(H,24,25)(H,26,27)(H,28,29)(H,30,31);;;;/q;4*+1/p-4. The normalized spacial score (nSPS) is 13.5. The van der Waals surface area contributed by atoms with E-state index in [0.29, 0.717) is 9.80 Å². The van der Waals surface area contributed by atoms with Crippen molar-refractivity contribution in [2.45, 2.75) is 17.7 Å². The van der Waals surface area contributed by atoms with E-state index in [2.05, 4.69) is 0 Å². The van der Waals surface area contributed by atoms with Crippen molar-refractivity contribution >= 4 is 23.9 Å². The summed E-state index contributed by atoms with van der Waals surface area (Å²) in [5.74, 6) is -7.05. The smallest absolute Gasteiger partial charge is 0.549 e. The van der Waals surface area contributed by atoms with E-state index in [-0.39, 0.29) is 145 Å². The molecule has 0 radical (unpaired) electrons. The maximum Gasteiger partial charge on any atom is 1.00 e. The van der Waals surface area contributed by atoms with Crippen molar-refractivity contribution in [2.75, 3.05) is 72.3 Å². The molecule has 0 aromatic carbocycles. The molecule has 0 aromatic rings. The molecule has 0 aliphatic rings. The number of hydrogen-bond donors (Lipinski definition) is 4. The Hall–Kier alpha value is 1.56. The van der Waals surface area contributed by atoms with E-state index in [1.807, 2.05) is 0 Å². The summed E-state index contributed by atoms with van der Waals surface area (Å²) in [6, 6.07) is -3.37. The molecule has 0 bridgehead atoms. The first kappa shape index (κ1) is 49.2. The Kier molecular flexibility index (Phi) is 35.5. The topological polar surface area (TPSA) is 278 Å². The van der Waals surface area contributed by atoms with E-state index < -0.39 is 87.6 Å². The van der Waals surface area contributed by atoms with Gasteiger partial charge in [-0.15, -0.1) is 0 Å². The molecular weight excluding hydrogens is 556 g/mol. The molecule has 0 saturated carbocycles. The predicted octanol–water partition coefficient (Wildman–Crippen LogP) is -22.0. The SMILES string of the molecule is NCCOCC(N(CC(=O)[O-])CC(=O)[O-])C(O)(CO)C(COCCN)N(CC(=O)[O-])CC(=O)[O-].[Na+].[Na+].[Na+].[Na+]. The van der Waals surface area contributed by atoms with Gasteiger partial charge in [0.05, 0.1) is 69.0 Å². The minimum atomic E-state index is -2.63. The van der Waals surface area contributed by atoms with Gasteiger partial charge in [0.2, 0.25) is 0 Å². The number of aliphatic carboxylic acids is 4. The molecule has 0 fully saturated rings. The number of aliphatic hydroxyl groups is 2. The molecule has 0 rings (SSSR count). The number of aliphatic hydroxyl groups excluding tert-OH is 1. The van der Waals surface area contributed by atoms with E-state index in [1.165, 1.54) is 0 Å². The van der Waals surface area contributed by atoms with Crippen LogP contribution in [0.15, 0.2) is 0 Å². The summed E-state index contributed by atoms with van der Waals surface area (Å²) in [6.07, 6.45) is 0. The molecule has 6 N–H and O–H groups in total. The van der Waals surface area contributed by atoms with Gasteiger partial charge in [-0.3, -0.25) is 9.80 Å². The number of nitrogens with two attached hydrogens (primary N) is 2. The largest absolute Gasteiger partial charge is 1.00 e. The monoisotopic (exact) mass is 586 g/mol. The van der Waals surface area contributed by atoms with Gasteiger partial charge in [0.25, 0.3) is 0 Å². The van der Waals surface area contributed by atoms with Crippen molar-refractivity contribution in [3.8, 4) is 0 Å². The van der Waals surface area contributed by atoms with Crippen LogP contribution in [0.1, 0.15) is 0 Å². The fraction of sp³-hybridized carbons (Fsp3) is 0.778. The van der Waals surface area contributed by atoms with Crippen molar-refractivity contribution in [1.82, 2.24) is 9.80 Å². The molecule has 16 nitrogen and oxygen atoms in total. The number of carbonyl (C=O) groups is 4. The van der Waals surface area contributed by atoms with Gasteiger partial charge < -0.3 is 70.8 Å². The predicted molar refractivity (Wildman–Crippen MR) is 103 cm³/mol. The third-order valence-corrected chi connectivity index (χ3v) is 4.69. The number of carbonyl (C=O) groups excluding carboxylic acids is 4. The van der Waals surface area contributed by atoms with Crippen LogP contribution in [0.4, 0.5) is 0 Å². The van der Waals surface area contributed by atoms with Crippen LogP contribution in [0.3, 0.4) is 0 Å². The van der Waals surface area contributed by atoms with E-state index >= 15 is 0 Å². The fourth-order valence-corrected chi connectivity index (χ4v) is 3.34. The second-order valence-electron chi connectivity index (χ2n) is 7.21. The van der Waals surface area contributed by atoms with Crippen LogP contribution in [-0.4, -0.2) is 134 Å². The molecular formula is C18H30N4Na4O12. The van der Waals surface area contributed by atoms with Gasteiger partial charge in [0.15, 0.2) is 0 Å². The Morgan fingerprint density at radius 2 is 0.947 bits per heavy atom. The molecule has 2 atom stereocenters. The average Bonchev–Trinajstić information content (AvgIpc) is 2.71. The number of nitrogens with zero attached hydrogens (tertiary/aromatic N) is 2. The fourth-order valence-electron chi connectivity index (χ4n) is 3.34. The zero-order chi connectivity index (χ0) is 26.3. The quantitative estimate of drug-likeness (QED) is 0.0717. The van der Waals surface area contributed by atoms with Crippen molar-refractivity contribution in [2.24, 2.45) is 11.5 Å².